The summed E-state index contributed by atoms with van der Waals surface area (Å²) in [6.45, 7) is 0.481. The molecule has 0 spiro atoms. The van der Waals surface area contributed by atoms with Crippen LogP contribution in [0.2, 0.25) is 0 Å². The quantitative estimate of drug-likeness (QED) is 0.660. The Labute approximate surface area is 163 Å². The summed E-state index contributed by atoms with van der Waals surface area (Å²) in [6.07, 6.45) is 2.01. The van der Waals surface area contributed by atoms with E-state index in [2.05, 4.69) is 26.7 Å². The molecule has 28 heavy (non-hydrogen) atoms. The standard InChI is InChI=1S/C21H19N5O2/c1-28-17-8-6-15(7-9-17)10-11-23-21(27)19-12-20(25-14-24-19)26-18-5-3-2-4-16(18)13-22/h2-9,12,14H,10-11H2,1H3,(H,23,27)(H,24,25,26). The van der Waals surface area contributed by atoms with Crippen molar-refractivity contribution in [3.8, 4) is 11.8 Å². The monoisotopic (exact) mass is 373 g/mol. The molecule has 0 aliphatic carbocycles. The Morgan fingerprint density at radius 1 is 1.14 bits per heavy atom. The summed E-state index contributed by atoms with van der Waals surface area (Å²) in [4.78, 5) is 20.5. The summed E-state index contributed by atoms with van der Waals surface area (Å²) in [6, 6.07) is 18.4. The van der Waals surface area contributed by atoms with Gasteiger partial charge in [0.05, 0.1) is 18.4 Å². The van der Waals surface area contributed by atoms with Gasteiger partial charge in [0.2, 0.25) is 0 Å². The lowest BCUT2D eigenvalue weighted by molar-refractivity contribution is 0.0949. The first-order valence-electron chi connectivity index (χ1n) is 8.69. The van der Waals surface area contributed by atoms with Gasteiger partial charge in [-0.15, -0.1) is 0 Å². The van der Waals surface area contributed by atoms with Crippen molar-refractivity contribution in [2.45, 2.75) is 6.42 Å². The van der Waals surface area contributed by atoms with Crippen LogP contribution in [0.25, 0.3) is 0 Å². The van der Waals surface area contributed by atoms with Crippen LogP contribution in [0, 0.1) is 11.3 Å². The first kappa shape index (κ1) is 18.9. The lowest BCUT2D eigenvalue weighted by atomic mass is 10.1. The van der Waals surface area contributed by atoms with Crippen molar-refractivity contribution >= 4 is 17.4 Å². The Bertz CT molecular complexity index is 996. The number of ether oxygens (including phenoxy) is 1. The Hall–Kier alpha value is -3.92. The van der Waals surface area contributed by atoms with Gasteiger partial charge in [-0.2, -0.15) is 5.26 Å². The topological polar surface area (TPSA) is 99.9 Å². The van der Waals surface area contributed by atoms with Crippen molar-refractivity contribution < 1.29 is 9.53 Å². The van der Waals surface area contributed by atoms with Gasteiger partial charge in [0.1, 0.15) is 29.7 Å². The second-order valence-corrected chi connectivity index (χ2v) is 5.92. The average Bonchev–Trinajstić information content (AvgIpc) is 2.75. The molecule has 0 aliphatic rings. The van der Waals surface area contributed by atoms with Gasteiger partial charge in [-0.3, -0.25) is 4.79 Å². The van der Waals surface area contributed by atoms with Crippen LogP contribution in [0.1, 0.15) is 21.6 Å². The fourth-order valence-electron chi connectivity index (χ4n) is 2.58. The minimum absolute atomic E-state index is 0.252. The Morgan fingerprint density at radius 2 is 1.93 bits per heavy atom. The predicted octanol–water partition coefficient (Wildman–Crippen LogP) is 3.07. The summed E-state index contributed by atoms with van der Waals surface area (Å²) < 4.78 is 5.13. The van der Waals surface area contributed by atoms with E-state index in [0.717, 1.165) is 11.3 Å². The molecule has 0 saturated carbocycles. The molecule has 7 heteroatoms. The van der Waals surface area contributed by atoms with Crippen molar-refractivity contribution in [1.82, 2.24) is 15.3 Å². The third-order valence-corrected chi connectivity index (χ3v) is 4.07. The number of carbonyl (C=O) groups is 1. The third kappa shape index (κ3) is 4.83. The summed E-state index contributed by atoms with van der Waals surface area (Å²) >= 11 is 0. The molecular formula is C21H19N5O2. The number of para-hydroxylation sites is 1. The molecular weight excluding hydrogens is 354 g/mol. The summed E-state index contributed by atoms with van der Waals surface area (Å²) in [5.41, 5.74) is 2.46. The number of hydrogen-bond acceptors (Lipinski definition) is 6. The normalized spacial score (nSPS) is 10.0. The van der Waals surface area contributed by atoms with Gasteiger partial charge in [-0.25, -0.2) is 9.97 Å². The van der Waals surface area contributed by atoms with E-state index >= 15 is 0 Å². The van der Waals surface area contributed by atoms with Crippen molar-refractivity contribution in [2.75, 3.05) is 19.0 Å². The Kier molecular flexibility index (Phi) is 6.16. The van der Waals surface area contributed by atoms with Crippen molar-refractivity contribution in [3.05, 3.63) is 77.7 Å². The molecule has 2 N–H and O–H groups in total. The number of methoxy groups -OCH3 is 1. The molecule has 140 valence electrons. The van der Waals surface area contributed by atoms with Gasteiger partial charge in [0.15, 0.2) is 0 Å². The van der Waals surface area contributed by atoms with Crippen molar-refractivity contribution in [1.29, 1.82) is 5.26 Å². The maximum atomic E-state index is 12.4. The highest BCUT2D eigenvalue weighted by Gasteiger charge is 2.09. The first-order valence-corrected chi connectivity index (χ1v) is 8.69. The highest BCUT2D eigenvalue weighted by atomic mass is 16.5. The lowest BCUT2D eigenvalue weighted by Gasteiger charge is -2.09. The number of nitrogens with zero attached hydrogens (tertiary/aromatic N) is 3. The van der Waals surface area contributed by atoms with Gasteiger partial charge in [-0.1, -0.05) is 24.3 Å². The molecule has 0 fully saturated rings. The molecule has 0 atom stereocenters. The molecule has 3 aromatic rings. The minimum atomic E-state index is -0.285. The highest BCUT2D eigenvalue weighted by Crippen LogP contribution is 2.18. The number of amides is 1. The van der Waals surface area contributed by atoms with E-state index in [0.29, 0.717) is 30.0 Å². The SMILES string of the molecule is COc1ccc(CCNC(=O)c2cc(Nc3ccccc3C#N)ncn2)cc1. The number of anilines is 2. The Balaban J connectivity index is 1.59. The molecule has 1 aromatic heterocycles. The van der Waals surface area contributed by atoms with Crippen molar-refractivity contribution in [2.24, 2.45) is 0 Å². The lowest BCUT2D eigenvalue weighted by Crippen LogP contribution is -2.26. The van der Waals surface area contributed by atoms with Crippen LogP contribution < -0.4 is 15.4 Å². The molecule has 2 aromatic carbocycles. The smallest absolute Gasteiger partial charge is 0.270 e. The van der Waals surface area contributed by atoms with Crippen LogP contribution >= 0.6 is 0 Å². The van der Waals surface area contributed by atoms with E-state index in [1.165, 1.54) is 6.33 Å². The van der Waals surface area contributed by atoms with Gasteiger partial charge in [0, 0.05) is 12.6 Å². The molecule has 1 amide bonds. The summed E-state index contributed by atoms with van der Waals surface area (Å²) in [5, 5.41) is 15.1. The van der Waals surface area contributed by atoms with Crippen LogP contribution in [-0.4, -0.2) is 29.5 Å². The molecule has 0 bridgehead atoms. The largest absolute Gasteiger partial charge is 0.497 e. The molecule has 0 saturated heterocycles. The van der Waals surface area contributed by atoms with Gasteiger partial charge in [-0.05, 0) is 36.2 Å². The zero-order valence-electron chi connectivity index (χ0n) is 15.3. The summed E-state index contributed by atoms with van der Waals surface area (Å²) in [7, 11) is 1.62. The summed E-state index contributed by atoms with van der Waals surface area (Å²) in [5.74, 6) is 0.956. The van der Waals surface area contributed by atoms with Gasteiger partial charge in [0.25, 0.3) is 5.91 Å². The molecule has 7 nitrogen and oxygen atoms in total. The van der Waals surface area contributed by atoms with Crippen LogP contribution in [-0.2, 0) is 6.42 Å². The molecule has 1 heterocycles. The minimum Gasteiger partial charge on any atom is -0.497 e. The van der Waals surface area contributed by atoms with Crippen LogP contribution in [0.15, 0.2) is 60.9 Å². The van der Waals surface area contributed by atoms with Crippen LogP contribution in [0.3, 0.4) is 0 Å². The highest BCUT2D eigenvalue weighted by molar-refractivity contribution is 5.93. The number of carbonyl (C=O) groups excluding carboxylic acids is 1. The van der Waals surface area contributed by atoms with E-state index < -0.39 is 0 Å². The fourth-order valence-corrected chi connectivity index (χ4v) is 2.58. The van der Waals surface area contributed by atoms with Crippen molar-refractivity contribution in [3.63, 3.8) is 0 Å². The molecule has 0 aliphatic heterocycles. The first-order chi connectivity index (χ1) is 13.7. The fraction of sp³-hybridized carbons (Fsp3) is 0.143. The Morgan fingerprint density at radius 3 is 2.68 bits per heavy atom. The number of rotatable bonds is 7. The van der Waals surface area contributed by atoms with Gasteiger partial charge >= 0.3 is 0 Å². The number of nitrogens with one attached hydrogen (secondary N) is 2. The predicted molar refractivity (Wildman–Crippen MR) is 106 cm³/mol. The third-order valence-electron chi connectivity index (χ3n) is 4.07. The number of benzene rings is 2. The average molecular weight is 373 g/mol. The second kappa shape index (κ2) is 9.14. The zero-order valence-corrected chi connectivity index (χ0v) is 15.3. The van der Waals surface area contributed by atoms with E-state index in [1.807, 2.05) is 30.3 Å². The molecule has 3 rings (SSSR count). The van der Waals surface area contributed by atoms with E-state index in [4.69, 9.17) is 10.00 Å². The van der Waals surface area contributed by atoms with E-state index in [9.17, 15) is 4.79 Å². The second-order valence-electron chi connectivity index (χ2n) is 5.92. The number of hydrogen-bond donors (Lipinski definition) is 2. The van der Waals surface area contributed by atoms with Gasteiger partial charge < -0.3 is 15.4 Å². The van der Waals surface area contributed by atoms with Crippen LogP contribution in [0.4, 0.5) is 11.5 Å². The number of aromatic nitrogens is 2. The molecule has 0 unspecified atom stereocenters. The number of nitriles is 1. The van der Waals surface area contributed by atoms with Crippen LogP contribution in [0.5, 0.6) is 5.75 Å². The maximum Gasteiger partial charge on any atom is 0.270 e. The zero-order chi connectivity index (χ0) is 19.8. The molecule has 0 radical (unpaired) electrons. The van der Waals surface area contributed by atoms with E-state index in [1.54, 1.807) is 31.4 Å². The van der Waals surface area contributed by atoms with E-state index in [-0.39, 0.29) is 11.6 Å². The maximum absolute atomic E-state index is 12.4.